The van der Waals surface area contributed by atoms with Crippen LogP contribution in [0.4, 0.5) is 5.13 Å². The lowest BCUT2D eigenvalue weighted by molar-refractivity contribution is -0.139. The predicted molar refractivity (Wildman–Crippen MR) is 92.6 cm³/mol. The second kappa shape index (κ2) is 8.93. The first kappa shape index (κ1) is 18.6. The van der Waals surface area contributed by atoms with Gasteiger partial charge in [0.1, 0.15) is 0 Å². The Hall–Kier alpha value is -2.74. The molecule has 132 valence electrons. The van der Waals surface area contributed by atoms with Gasteiger partial charge in [-0.05, 0) is 24.1 Å². The van der Waals surface area contributed by atoms with Gasteiger partial charge in [-0.3, -0.25) is 14.9 Å². The van der Waals surface area contributed by atoms with E-state index in [4.69, 9.17) is 4.74 Å². The molecule has 0 bridgehead atoms. The topological polar surface area (TPSA) is 94.6 Å². The zero-order valence-corrected chi connectivity index (χ0v) is 14.7. The Balaban J connectivity index is 1.81. The van der Waals surface area contributed by atoms with Crippen LogP contribution in [-0.2, 0) is 31.9 Å². The smallest absolute Gasteiger partial charge is 0.338 e. The quantitative estimate of drug-likeness (QED) is 0.759. The van der Waals surface area contributed by atoms with Gasteiger partial charge in [0.25, 0.3) is 5.91 Å². The Morgan fingerprint density at radius 3 is 2.56 bits per heavy atom. The summed E-state index contributed by atoms with van der Waals surface area (Å²) in [6.07, 6.45) is 0.912. The largest absolute Gasteiger partial charge is 0.469 e. The second-order valence-electron chi connectivity index (χ2n) is 5.07. The predicted octanol–water partition coefficient (Wildman–Crippen LogP) is 2.22. The number of nitrogens with one attached hydrogen (secondary N) is 1. The first-order valence-electron chi connectivity index (χ1n) is 7.59. The maximum atomic E-state index is 11.9. The third-order valence-corrected chi connectivity index (χ3v) is 4.09. The Labute approximate surface area is 149 Å². The summed E-state index contributed by atoms with van der Waals surface area (Å²) in [5.74, 6) is -1.48. The highest BCUT2D eigenvalue weighted by Crippen LogP contribution is 2.16. The van der Waals surface area contributed by atoms with Gasteiger partial charge in [-0.25, -0.2) is 9.78 Å². The number of amides is 1. The molecule has 0 fully saturated rings. The molecule has 0 saturated carbocycles. The Bertz CT molecular complexity index is 755. The average molecular weight is 362 g/mol. The highest BCUT2D eigenvalue weighted by Gasteiger charge is 2.13. The molecule has 2 aromatic rings. The van der Waals surface area contributed by atoms with Crippen molar-refractivity contribution in [2.24, 2.45) is 0 Å². The molecule has 8 heteroatoms. The number of ether oxygens (including phenoxy) is 2. The molecule has 0 radical (unpaired) electrons. The van der Waals surface area contributed by atoms with Crippen LogP contribution in [0, 0.1) is 0 Å². The van der Waals surface area contributed by atoms with Crippen molar-refractivity contribution in [1.29, 1.82) is 0 Å². The van der Waals surface area contributed by atoms with Crippen molar-refractivity contribution in [3.63, 3.8) is 0 Å². The van der Waals surface area contributed by atoms with Gasteiger partial charge >= 0.3 is 11.9 Å². The maximum Gasteiger partial charge on any atom is 0.338 e. The van der Waals surface area contributed by atoms with Gasteiger partial charge in [0.15, 0.2) is 11.7 Å². The molecule has 0 spiro atoms. The van der Waals surface area contributed by atoms with E-state index in [2.05, 4.69) is 15.0 Å². The molecule has 2 rings (SSSR count). The summed E-state index contributed by atoms with van der Waals surface area (Å²) in [6, 6.07) is 7.02. The van der Waals surface area contributed by atoms with Crippen molar-refractivity contribution in [1.82, 2.24) is 4.98 Å². The van der Waals surface area contributed by atoms with E-state index in [1.807, 2.05) is 19.1 Å². The van der Waals surface area contributed by atoms with Crippen LogP contribution >= 0.6 is 11.3 Å². The molecule has 0 unspecified atom stereocenters. The first-order chi connectivity index (χ1) is 12.0. The summed E-state index contributed by atoms with van der Waals surface area (Å²) in [5, 5.41) is 4.49. The summed E-state index contributed by atoms with van der Waals surface area (Å²) in [5.41, 5.74) is 2.00. The minimum atomic E-state index is -0.566. The fraction of sp³-hybridized carbons (Fsp3) is 0.294. The number of thiazole rings is 1. The number of rotatable bonds is 7. The van der Waals surface area contributed by atoms with Crippen molar-refractivity contribution in [2.45, 2.75) is 19.8 Å². The molecule has 7 nitrogen and oxygen atoms in total. The highest BCUT2D eigenvalue weighted by molar-refractivity contribution is 7.13. The lowest BCUT2D eigenvalue weighted by Crippen LogP contribution is -2.21. The van der Waals surface area contributed by atoms with E-state index in [0.717, 1.165) is 12.0 Å². The van der Waals surface area contributed by atoms with E-state index < -0.39 is 24.5 Å². The number of benzene rings is 1. The van der Waals surface area contributed by atoms with Gasteiger partial charge < -0.3 is 9.47 Å². The molecule has 0 aliphatic rings. The summed E-state index contributed by atoms with van der Waals surface area (Å²) in [7, 11) is 1.29. The van der Waals surface area contributed by atoms with E-state index in [-0.39, 0.29) is 6.42 Å². The normalized spacial score (nSPS) is 10.2. The molecule has 0 aliphatic carbocycles. The molecule has 0 aliphatic heterocycles. The minimum Gasteiger partial charge on any atom is -0.469 e. The van der Waals surface area contributed by atoms with Gasteiger partial charge in [-0.2, -0.15) is 0 Å². The maximum absolute atomic E-state index is 11.9. The molecule has 1 amide bonds. The number of hydrogen-bond donors (Lipinski definition) is 1. The van der Waals surface area contributed by atoms with E-state index in [1.54, 1.807) is 17.5 Å². The molecule has 1 aromatic heterocycles. The van der Waals surface area contributed by atoms with Crippen molar-refractivity contribution < 1.29 is 23.9 Å². The third-order valence-electron chi connectivity index (χ3n) is 3.28. The second-order valence-corrected chi connectivity index (χ2v) is 5.93. The number of carbonyl (C=O) groups excluding carboxylic acids is 3. The van der Waals surface area contributed by atoms with Crippen LogP contribution < -0.4 is 5.32 Å². The van der Waals surface area contributed by atoms with Crippen molar-refractivity contribution >= 4 is 34.3 Å². The SMILES string of the molecule is CCc1ccc(C(=O)OCC(=O)Nc2nc(CC(=O)OC)cs2)cc1. The van der Waals surface area contributed by atoms with E-state index in [1.165, 1.54) is 18.4 Å². The van der Waals surface area contributed by atoms with E-state index >= 15 is 0 Å². The zero-order valence-electron chi connectivity index (χ0n) is 13.9. The summed E-state index contributed by atoms with van der Waals surface area (Å²) in [6.45, 7) is 1.60. The van der Waals surface area contributed by atoms with Crippen LogP contribution in [0.15, 0.2) is 29.6 Å². The van der Waals surface area contributed by atoms with Gasteiger partial charge in [0.2, 0.25) is 0 Å². The van der Waals surface area contributed by atoms with Gasteiger partial charge in [-0.1, -0.05) is 19.1 Å². The number of esters is 2. The number of hydrogen-bond acceptors (Lipinski definition) is 7. The number of aryl methyl sites for hydroxylation is 1. The van der Waals surface area contributed by atoms with Crippen LogP contribution in [0.5, 0.6) is 0 Å². The molecule has 1 N–H and O–H groups in total. The molecule has 1 aromatic carbocycles. The molecule has 0 atom stereocenters. The lowest BCUT2D eigenvalue weighted by Gasteiger charge is -2.05. The van der Waals surface area contributed by atoms with Crippen LogP contribution in [0.2, 0.25) is 0 Å². The fourth-order valence-electron chi connectivity index (χ4n) is 1.91. The summed E-state index contributed by atoms with van der Waals surface area (Å²) < 4.78 is 9.52. The zero-order chi connectivity index (χ0) is 18.2. The van der Waals surface area contributed by atoms with Crippen molar-refractivity contribution in [3.8, 4) is 0 Å². The lowest BCUT2D eigenvalue weighted by atomic mass is 10.1. The molecule has 25 heavy (non-hydrogen) atoms. The molecular weight excluding hydrogens is 344 g/mol. The standard InChI is InChI=1S/C17H18N2O5S/c1-3-11-4-6-12(7-5-11)16(22)24-9-14(20)19-17-18-13(10-25-17)8-15(21)23-2/h4-7,10H,3,8-9H2,1-2H3,(H,18,19,20). The fourth-order valence-corrected chi connectivity index (χ4v) is 2.64. The van der Waals surface area contributed by atoms with Crippen LogP contribution in [0.25, 0.3) is 0 Å². The monoisotopic (exact) mass is 362 g/mol. The average Bonchev–Trinajstić information content (AvgIpc) is 3.06. The van der Waals surface area contributed by atoms with Crippen LogP contribution in [0.3, 0.4) is 0 Å². The van der Waals surface area contributed by atoms with Gasteiger partial charge in [0.05, 0.1) is 24.8 Å². The highest BCUT2D eigenvalue weighted by atomic mass is 32.1. The van der Waals surface area contributed by atoms with Crippen molar-refractivity contribution in [2.75, 3.05) is 19.0 Å². The number of aromatic nitrogens is 1. The van der Waals surface area contributed by atoms with E-state index in [0.29, 0.717) is 16.4 Å². The minimum absolute atomic E-state index is 0.0333. The summed E-state index contributed by atoms with van der Waals surface area (Å²) in [4.78, 5) is 39.0. The Morgan fingerprint density at radius 2 is 1.92 bits per heavy atom. The summed E-state index contributed by atoms with van der Waals surface area (Å²) >= 11 is 1.17. The van der Waals surface area contributed by atoms with Crippen molar-refractivity contribution in [3.05, 3.63) is 46.5 Å². The van der Waals surface area contributed by atoms with Crippen LogP contribution in [0.1, 0.15) is 28.5 Å². The van der Waals surface area contributed by atoms with Gasteiger partial charge in [0, 0.05) is 5.38 Å². The van der Waals surface area contributed by atoms with Gasteiger partial charge in [-0.15, -0.1) is 11.3 Å². The molecular formula is C17H18N2O5S. The van der Waals surface area contributed by atoms with Crippen LogP contribution in [-0.4, -0.2) is 36.5 Å². The molecule has 0 saturated heterocycles. The third kappa shape index (κ3) is 5.68. The number of methoxy groups -OCH3 is 1. The number of nitrogens with zero attached hydrogens (tertiary/aromatic N) is 1. The number of anilines is 1. The first-order valence-corrected chi connectivity index (χ1v) is 8.47. The molecule has 1 heterocycles. The Kier molecular flexibility index (Phi) is 6.64. The number of carbonyl (C=O) groups is 3. The Morgan fingerprint density at radius 1 is 1.20 bits per heavy atom. The van der Waals surface area contributed by atoms with E-state index in [9.17, 15) is 14.4 Å².